The molecule has 0 bridgehead atoms. The Balaban J connectivity index is 1.47. The fourth-order valence-electron chi connectivity index (χ4n) is 3.40. The summed E-state index contributed by atoms with van der Waals surface area (Å²) in [6, 6.07) is 24.7. The number of carboxylic acid groups (broad SMARTS) is 1. The van der Waals surface area contributed by atoms with Crippen LogP contribution in [0.3, 0.4) is 0 Å². The SMILES string of the molecule is Nc1nc(NCc2cccc(-c3ccccc3)c2)nc(-c2ccc(C[C@H](N)C(=O)O)cc2)n1. The normalized spacial score (nSPS) is 11.7. The highest BCUT2D eigenvalue weighted by Crippen LogP contribution is 2.21. The van der Waals surface area contributed by atoms with Crippen LogP contribution in [0.1, 0.15) is 11.1 Å². The third kappa shape index (κ3) is 5.69. The fourth-order valence-corrected chi connectivity index (χ4v) is 3.40. The maximum Gasteiger partial charge on any atom is 0.320 e. The van der Waals surface area contributed by atoms with Crippen molar-refractivity contribution in [3.8, 4) is 22.5 Å². The van der Waals surface area contributed by atoms with Gasteiger partial charge in [0, 0.05) is 12.1 Å². The third-order valence-electron chi connectivity index (χ3n) is 5.12. The number of nitrogens with two attached hydrogens (primary N) is 2. The van der Waals surface area contributed by atoms with Crippen LogP contribution in [0.15, 0.2) is 78.9 Å². The zero-order chi connectivity index (χ0) is 23.2. The Labute approximate surface area is 191 Å². The van der Waals surface area contributed by atoms with Crippen molar-refractivity contribution in [2.75, 3.05) is 11.1 Å². The number of nitrogens with one attached hydrogen (secondary N) is 1. The Bertz CT molecular complexity index is 1250. The first-order valence-electron chi connectivity index (χ1n) is 10.5. The monoisotopic (exact) mass is 440 g/mol. The summed E-state index contributed by atoms with van der Waals surface area (Å²) in [4.78, 5) is 23.9. The number of benzene rings is 3. The van der Waals surface area contributed by atoms with Crippen LogP contribution in [0.4, 0.5) is 11.9 Å². The Morgan fingerprint density at radius 2 is 1.58 bits per heavy atom. The van der Waals surface area contributed by atoms with Crippen LogP contribution < -0.4 is 16.8 Å². The number of nitrogens with zero attached hydrogens (tertiary/aromatic N) is 3. The van der Waals surface area contributed by atoms with E-state index < -0.39 is 12.0 Å². The number of aromatic nitrogens is 3. The van der Waals surface area contributed by atoms with Gasteiger partial charge in [0.05, 0.1) is 0 Å². The van der Waals surface area contributed by atoms with Crippen molar-refractivity contribution in [3.63, 3.8) is 0 Å². The smallest absolute Gasteiger partial charge is 0.320 e. The Morgan fingerprint density at radius 3 is 2.30 bits per heavy atom. The van der Waals surface area contributed by atoms with Gasteiger partial charge in [-0.3, -0.25) is 4.79 Å². The Hall–Kier alpha value is -4.30. The lowest BCUT2D eigenvalue weighted by atomic mass is 10.0. The Morgan fingerprint density at radius 1 is 0.848 bits per heavy atom. The maximum atomic E-state index is 10.9. The van der Waals surface area contributed by atoms with E-state index in [1.54, 1.807) is 12.1 Å². The van der Waals surface area contributed by atoms with Crippen LogP contribution in [0.5, 0.6) is 0 Å². The van der Waals surface area contributed by atoms with Gasteiger partial charge in [-0.05, 0) is 34.7 Å². The molecule has 0 amide bonds. The minimum atomic E-state index is -1.03. The average molecular weight is 441 g/mol. The molecule has 1 aromatic heterocycles. The van der Waals surface area contributed by atoms with Gasteiger partial charge in [-0.1, -0.05) is 72.8 Å². The maximum absolute atomic E-state index is 10.9. The number of hydrogen-bond acceptors (Lipinski definition) is 7. The van der Waals surface area contributed by atoms with E-state index >= 15 is 0 Å². The summed E-state index contributed by atoms with van der Waals surface area (Å²) in [5.41, 5.74) is 16.4. The van der Waals surface area contributed by atoms with Crippen LogP contribution in [0.25, 0.3) is 22.5 Å². The van der Waals surface area contributed by atoms with Gasteiger partial charge >= 0.3 is 5.97 Å². The summed E-state index contributed by atoms with van der Waals surface area (Å²) in [6.07, 6.45) is 0.240. The van der Waals surface area contributed by atoms with Gasteiger partial charge in [0.1, 0.15) is 6.04 Å². The zero-order valence-corrected chi connectivity index (χ0v) is 17.8. The van der Waals surface area contributed by atoms with Gasteiger partial charge in [0.25, 0.3) is 0 Å². The molecule has 4 aromatic rings. The highest BCUT2D eigenvalue weighted by molar-refractivity contribution is 5.73. The van der Waals surface area contributed by atoms with Crippen LogP contribution in [0, 0.1) is 0 Å². The predicted molar refractivity (Wildman–Crippen MR) is 128 cm³/mol. The number of anilines is 2. The lowest BCUT2D eigenvalue weighted by Crippen LogP contribution is -2.32. The summed E-state index contributed by atoms with van der Waals surface area (Å²) in [6.45, 7) is 0.523. The van der Waals surface area contributed by atoms with E-state index in [1.165, 1.54) is 0 Å². The summed E-state index contributed by atoms with van der Waals surface area (Å²) in [5.74, 6) is -0.122. The van der Waals surface area contributed by atoms with Gasteiger partial charge in [-0.2, -0.15) is 15.0 Å². The summed E-state index contributed by atoms with van der Waals surface area (Å²) in [5, 5.41) is 12.2. The highest BCUT2D eigenvalue weighted by Gasteiger charge is 2.13. The summed E-state index contributed by atoms with van der Waals surface area (Å²) in [7, 11) is 0. The van der Waals surface area contributed by atoms with Crippen molar-refractivity contribution in [2.45, 2.75) is 19.0 Å². The first kappa shape index (κ1) is 21.9. The number of carbonyl (C=O) groups is 1. The molecule has 6 N–H and O–H groups in total. The standard InChI is InChI=1S/C25H24N6O2/c26-21(23(32)33)14-16-9-11-19(12-10-16)22-29-24(27)31-25(30-22)28-15-17-5-4-8-20(13-17)18-6-2-1-3-7-18/h1-13,21H,14-15,26H2,(H,32,33)(H3,27,28,29,30,31)/t21-/m0/s1. The molecule has 0 spiro atoms. The molecule has 3 aromatic carbocycles. The van der Waals surface area contributed by atoms with Gasteiger partial charge in [0.2, 0.25) is 11.9 Å². The molecule has 8 heteroatoms. The predicted octanol–water partition coefficient (Wildman–Crippen LogP) is 3.35. The first-order valence-corrected chi connectivity index (χ1v) is 10.5. The topological polar surface area (TPSA) is 140 Å². The minimum absolute atomic E-state index is 0.109. The van der Waals surface area contributed by atoms with Crippen molar-refractivity contribution in [1.29, 1.82) is 0 Å². The molecule has 4 rings (SSSR count). The number of nitrogen functional groups attached to an aromatic ring is 1. The summed E-state index contributed by atoms with van der Waals surface area (Å²) >= 11 is 0. The quantitative estimate of drug-likeness (QED) is 0.327. The molecule has 166 valence electrons. The lowest BCUT2D eigenvalue weighted by Gasteiger charge is -2.10. The molecule has 0 saturated carbocycles. The van der Waals surface area contributed by atoms with E-state index in [0.717, 1.165) is 27.8 Å². The summed E-state index contributed by atoms with van der Waals surface area (Å²) < 4.78 is 0. The second kappa shape index (κ2) is 9.88. The van der Waals surface area contributed by atoms with Gasteiger partial charge in [0.15, 0.2) is 5.82 Å². The van der Waals surface area contributed by atoms with Crippen LogP contribution in [-0.2, 0) is 17.8 Å². The van der Waals surface area contributed by atoms with Crippen molar-refractivity contribution in [2.24, 2.45) is 5.73 Å². The largest absolute Gasteiger partial charge is 0.480 e. The van der Waals surface area contributed by atoms with Crippen LogP contribution in [-0.4, -0.2) is 32.1 Å². The molecule has 0 aliphatic carbocycles. The van der Waals surface area contributed by atoms with Crippen LogP contribution in [0.2, 0.25) is 0 Å². The van der Waals surface area contributed by atoms with Crippen molar-refractivity contribution in [1.82, 2.24) is 15.0 Å². The number of carboxylic acids is 1. The zero-order valence-electron chi connectivity index (χ0n) is 17.8. The van der Waals surface area contributed by atoms with Crippen molar-refractivity contribution >= 4 is 17.9 Å². The van der Waals surface area contributed by atoms with E-state index in [1.807, 2.05) is 42.5 Å². The molecule has 0 radical (unpaired) electrons. The van der Waals surface area contributed by atoms with E-state index in [2.05, 4.69) is 44.5 Å². The molecule has 1 heterocycles. The average Bonchev–Trinajstić information content (AvgIpc) is 2.83. The number of aliphatic carboxylic acids is 1. The number of rotatable bonds is 8. The van der Waals surface area contributed by atoms with Crippen LogP contribution >= 0.6 is 0 Å². The van der Waals surface area contributed by atoms with E-state index in [0.29, 0.717) is 18.3 Å². The van der Waals surface area contributed by atoms with Gasteiger partial charge in [-0.15, -0.1) is 0 Å². The van der Waals surface area contributed by atoms with Crippen molar-refractivity contribution in [3.05, 3.63) is 90.0 Å². The lowest BCUT2D eigenvalue weighted by molar-refractivity contribution is -0.138. The highest BCUT2D eigenvalue weighted by atomic mass is 16.4. The van der Waals surface area contributed by atoms with E-state index in [-0.39, 0.29) is 12.4 Å². The minimum Gasteiger partial charge on any atom is -0.480 e. The molecule has 8 nitrogen and oxygen atoms in total. The molecule has 0 unspecified atom stereocenters. The molecular formula is C25H24N6O2. The Kier molecular flexibility index (Phi) is 6.56. The first-order chi connectivity index (χ1) is 16.0. The van der Waals surface area contributed by atoms with E-state index in [9.17, 15) is 4.79 Å². The molecule has 0 aliphatic heterocycles. The van der Waals surface area contributed by atoms with Gasteiger partial charge < -0.3 is 21.9 Å². The number of hydrogen-bond donors (Lipinski definition) is 4. The molecular weight excluding hydrogens is 416 g/mol. The second-order valence-corrected chi connectivity index (χ2v) is 7.61. The molecule has 1 atom stereocenters. The van der Waals surface area contributed by atoms with Crippen molar-refractivity contribution < 1.29 is 9.90 Å². The molecule has 0 fully saturated rings. The fraction of sp³-hybridized carbons (Fsp3) is 0.120. The molecule has 0 saturated heterocycles. The van der Waals surface area contributed by atoms with E-state index in [4.69, 9.17) is 16.6 Å². The third-order valence-corrected chi connectivity index (χ3v) is 5.12. The molecule has 0 aliphatic rings. The second-order valence-electron chi connectivity index (χ2n) is 7.61. The van der Waals surface area contributed by atoms with Gasteiger partial charge in [-0.25, -0.2) is 0 Å². The molecule has 33 heavy (non-hydrogen) atoms.